The molecular formula is C20H23N3O4S. The van der Waals surface area contributed by atoms with E-state index < -0.39 is 5.97 Å². The highest BCUT2D eigenvalue weighted by Crippen LogP contribution is 2.28. The number of nitrogens with two attached hydrogens (primary N) is 1. The van der Waals surface area contributed by atoms with Gasteiger partial charge in [-0.1, -0.05) is 13.3 Å². The van der Waals surface area contributed by atoms with Gasteiger partial charge in [0, 0.05) is 0 Å². The van der Waals surface area contributed by atoms with Crippen LogP contribution in [0.4, 0.5) is 0 Å². The number of nitrogens with one attached hydrogen (secondary N) is 1. The fourth-order valence-electron chi connectivity index (χ4n) is 2.20. The molecule has 0 radical (unpaired) electrons. The lowest BCUT2D eigenvalue weighted by molar-refractivity contribution is 0.0729. The van der Waals surface area contributed by atoms with Gasteiger partial charge >= 0.3 is 5.97 Å². The van der Waals surface area contributed by atoms with Crippen LogP contribution in [0.5, 0.6) is 17.2 Å². The van der Waals surface area contributed by atoms with E-state index in [0.29, 0.717) is 29.2 Å². The van der Waals surface area contributed by atoms with Gasteiger partial charge in [0.15, 0.2) is 16.6 Å². The molecule has 0 saturated heterocycles. The van der Waals surface area contributed by atoms with Crippen LogP contribution in [0.1, 0.15) is 35.7 Å². The first-order valence-electron chi connectivity index (χ1n) is 8.75. The zero-order chi connectivity index (χ0) is 20.4. The van der Waals surface area contributed by atoms with Gasteiger partial charge in [-0.25, -0.2) is 4.79 Å². The summed E-state index contributed by atoms with van der Waals surface area (Å²) in [6.07, 6.45) is 3.57. The summed E-state index contributed by atoms with van der Waals surface area (Å²) in [6, 6.07) is 11.9. The van der Waals surface area contributed by atoms with Gasteiger partial charge in [0.05, 0.1) is 25.5 Å². The van der Waals surface area contributed by atoms with Gasteiger partial charge in [-0.05, 0) is 66.7 Å². The Kier molecular flexibility index (Phi) is 8.23. The molecule has 2 aromatic carbocycles. The topological polar surface area (TPSA) is 95.2 Å². The summed E-state index contributed by atoms with van der Waals surface area (Å²) in [5, 5.41) is 3.94. The molecule has 2 aromatic rings. The smallest absolute Gasteiger partial charge is 0.343 e. The Labute approximate surface area is 169 Å². The molecule has 148 valence electrons. The molecule has 0 bridgehead atoms. The van der Waals surface area contributed by atoms with Gasteiger partial charge in [-0.3, -0.25) is 5.43 Å². The number of rotatable bonds is 9. The highest BCUT2D eigenvalue weighted by molar-refractivity contribution is 7.80. The lowest BCUT2D eigenvalue weighted by atomic mass is 10.2. The van der Waals surface area contributed by atoms with Crippen molar-refractivity contribution in [1.29, 1.82) is 0 Å². The number of esters is 1. The molecule has 0 aliphatic heterocycles. The van der Waals surface area contributed by atoms with E-state index in [4.69, 9.17) is 19.9 Å². The predicted molar refractivity (Wildman–Crippen MR) is 112 cm³/mol. The second kappa shape index (κ2) is 10.9. The van der Waals surface area contributed by atoms with Crippen molar-refractivity contribution in [3.63, 3.8) is 0 Å². The van der Waals surface area contributed by atoms with Gasteiger partial charge in [0.25, 0.3) is 0 Å². The summed E-state index contributed by atoms with van der Waals surface area (Å²) < 4.78 is 16.3. The minimum Gasteiger partial charge on any atom is -0.494 e. The third-order valence-electron chi connectivity index (χ3n) is 3.64. The summed E-state index contributed by atoms with van der Waals surface area (Å²) in [6.45, 7) is 2.75. The van der Waals surface area contributed by atoms with Crippen LogP contribution in [0, 0.1) is 0 Å². The van der Waals surface area contributed by atoms with Crippen molar-refractivity contribution in [3.8, 4) is 17.2 Å². The largest absolute Gasteiger partial charge is 0.494 e. The van der Waals surface area contributed by atoms with E-state index in [1.165, 1.54) is 13.3 Å². The number of thiocarbonyl (C=S) groups is 1. The molecule has 28 heavy (non-hydrogen) atoms. The zero-order valence-corrected chi connectivity index (χ0v) is 16.6. The highest BCUT2D eigenvalue weighted by Gasteiger charge is 2.13. The first-order chi connectivity index (χ1) is 13.5. The molecule has 2 rings (SSSR count). The normalized spacial score (nSPS) is 10.5. The van der Waals surface area contributed by atoms with Crippen LogP contribution in [-0.4, -0.2) is 31.0 Å². The summed E-state index contributed by atoms with van der Waals surface area (Å²) in [5.74, 6) is 0.925. The Morgan fingerprint density at radius 3 is 2.61 bits per heavy atom. The second-order valence-electron chi connectivity index (χ2n) is 5.76. The molecule has 0 heterocycles. The van der Waals surface area contributed by atoms with E-state index >= 15 is 0 Å². The van der Waals surface area contributed by atoms with E-state index in [2.05, 4.69) is 29.7 Å². The Balaban J connectivity index is 2.04. The van der Waals surface area contributed by atoms with Crippen molar-refractivity contribution in [1.82, 2.24) is 5.43 Å². The van der Waals surface area contributed by atoms with Gasteiger partial charge in [0.1, 0.15) is 5.75 Å². The maximum Gasteiger partial charge on any atom is 0.343 e. The number of hydrogen-bond acceptors (Lipinski definition) is 6. The number of nitrogens with zero attached hydrogens (tertiary/aromatic N) is 1. The van der Waals surface area contributed by atoms with Crippen molar-refractivity contribution in [2.75, 3.05) is 13.7 Å². The number of unbranched alkanes of at least 4 members (excludes halogenated alkanes) is 1. The lowest BCUT2D eigenvalue weighted by Crippen LogP contribution is -2.23. The fourth-order valence-corrected chi connectivity index (χ4v) is 2.25. The van der Waals surface area contributed by atoms with Crippen molar-refractivity contribution in [2.45, 2.75) is 19.8 Å². The van der Waals surface area contributed by atoms with E-state index in [1.807, 2.05) is 0 Å². The van der Waals surface area contributed by atoms with Crippen molar-refractivity contribution < 1.29 is 19.0 Å². The maximum atomic E-state index is 12.4. The quantitative estimate of drug-likeness (QED) is 0.166. The Hall–Kier alpha value is -3.13. The van der Waals surface area contributed by atoms with E-state index in [0.717, 1.165) is 18.6 Å². The van der Waals surface area contributed by atoms with E-state index in [9.17, 15) is 4.79 Å². The molecular weight excluding hydrogens is 378 g/mol. The van der Waals surface area contributed by atoms with Crippen LogP contribution < -0.4 is 25.4 Å². The van der Waals surface area contributed by atoms with Crippen LogP contribution in [-0.2, 0) is 0 Å². The molecule has 0 saturated carbocycles. The van der Waals surface area contributed by atoms with Crippen molar-refractivity contribution >= 4 is 29.5 Å². The van der Waals surface area contributed by atoms with Gasteiger partial charge in [-0.15, -0.1) is 0 Å². The molecule has 0 aromatic heterocycles. The number of hydrazone groups is 1. The van der Waals surface area contributed by atoms with Gasteiger partial charge < -0.3 is 19.9 Å². The molecule has 0 aliphatic carbocycles. The van der Waals surface area contributed by atoms with Crippen LogP contribution >= 0.6 is 12.2 Å². The summed E-state index contributed by atoms with van der Waals surface area (Å²) >= 11 is 4.67. The third kappa shape index (κ3) is 6.55. The Morgan fingerprint density at radius 1 is 1.21 bits per heavy atom. The molecule has 0 atom stereocenters. The highest BCUT2D eigenvalue weighted by atomic mass is 32.1. The fraction of sp³-hybridized carbons (Fsp3) is 0.250. The summed E-state index contributed by atoms with van der Waals surface area (Å²) in [4.78, 5) is 12.4. The minimum atomic E-state index is -0.491. The Bertz CT molecular complexity index is 838. The number of carbonyl (C=O) groups excluding carboxylic acids is 1. The van der Waals surface area contributed by atoms with Gasteiger partial charge in [0.2, 0.25) is 0 Å². The number of benzene rings is 2. The average Bonchev–Trinajstić information content (AvgIpc) is 2.69. The SMILES string of the molecule is CCCCOc1ccc(C(=O)Oc2ccc(/C=N\NC(N)=S)cc2OC)cc1. The monoisotopic (exact) mass is 401 g/mol. The first-order valence-corrected chi connectivity index (χ1v) is 9.16. The minimum absolute atomic E-state index is 0.0653. The predicted octanol–water partition coefficient (Wildman–Crippen LogP) is 3.26. The van der Waals surface area contributed by atoms with Crippen LogP contribution in [0.15, 0.2) is 47.6 Å². The zero-order valence-electron chi connectivity index (χ0n) is 15.8. The number of ether oxygens (including phenoxy) is 3. The second-order valence-corrected chi connectivity index (χ2v) is 6.20. The van der Waals surface area contributed by atoms with Crippen molar-refractivity contribution in [3.05, 3.63) is 53.6 Å². The van der Waals surface area contributed by atoms with Gasteiger partial charge in [-0.2, -0.15) is 5.10 Å². The van der Waals surface area contributed by atoms with Crippen LogP contribution in [0.2, 0.25) is 0 Å². The molecule has 0 unspecified atom stereocenters. The first kappa shape index (κ1) is 21.2. The van der Waals surface area contributed by atoms with Crippen molar-refractivity contribution in [2.24, 2.45) is 10.8 Å². The molecule has 8 heteroatoms. The average molecular weight is 401 g/mol. The molecule has 0 fully saturated rings. The third-order valence-corrected chi connectivity index (χ3v) is 3.73. The summed E-state index contributed by atoms with van der Waals surface area (Å²) in [5.41, 5.74) is 8.90. The van der Waals surface area contributed by atoms with E-state index in [1.54, 1.807) is 42.5 Å². The number of hydrogen-bond donors (Lipinski definition) is 2. The summed E-state index contributed by atoms with van der Waals surface area (Å²) in [7, 11) is 1.49. The van der Waals surface area contributed by atoms with E-state index in [-0.39, 0.29) is 5.11 Å². The Morgan fingerprint density at radius 2 is 1.96 bits per heavy atom. The maximum absolute atomic E-state index is 12.4. The van der Waals surface area contributed by atoms with Crippen LogP contribution in [0.25, 0.3) is 0 Å². The molecule has 0 spiro atoms. The lowest BCUT2D eigenvalue weighted by Gasteiger charge is -2.10. The molecule has 7 nitrogen and oxygen atoms in total. The van der Waals surface area contributed by atoms with Crippen LogP contribution in [0.3, 0.4) is 0 Å². The number of carbonyl (C=O) groups is 1. The standard InChI is InChI=1S/C20H23N3O4S/c1-3-4-11-26-16-8-6-15(7-9-16)19(24)27-17-10-5-14(12-18(17)25-2)13-22-23-20(21)28/h5-10,12-13H,3-4,11H2,1-2H3,(H3,21,23,28)/b22-13-. The molecule has 0 amide bonds. The number of methoxy groups -OCH3 is 1. The molecule has 3 N–H and O–H groups in total. The molecule has 0 aliphatic rings.